The molecule has 1 fully saturated rings. The molecule has 3 rings (SSSR count). The highest BCUT2D eigenvalue weighted by molar-refractivity contribution is 5.33. The quantitative estimate of drug-likeness (QED) is 0.780. The summed E-state index contributed by atoms with van der Waals surface area (Å²) in [4.78, 5) is 0. The normalized spacial score (nSPS) is 24.1. The molecule has 0 amide bonds. The van der Waals surface area contributed by atoms with Crippen molar-refractivity contribution in [3.63, 3.8) is 0 Å². The van der Waals surface area contributed by atoms with Gasteiger partial charge in [0.2, 0.25) is 0 Å². The maximum atomic E-state index is 3.58. The van der Waals surface area contributed by atoms with Crippen molar-refractivity contribution in [2.75, 3.05) is 6.54 Å². The lowest BCUT2D eigenvalue weighted by Crippen LogP contribution is -2.22. The van der Waals surface area contributed by atoms with E-state index in [9.17, 15) is 0 Å². The number of rotatable bonds is 4. The number of nitrogens with one attached hydrogen (secondary N) is 2. The summed E-state index contributed by atoms with van der Waals surface area (Å²) in [6.45, 7) is 2.20. The van der Waals surface area contributed by atoms with Gasteiger partial charge in [0.1, 0.15) is 0 Å². The largest absolute Gasteiger partial charge is 0.314 e. The maximum Gasteiger partial charge on any atom is 0.0338 e. The summed E-state index contributed by atoms with van der Waals surface area (Å²) < 4.78 is 0. The predicted octanol–water partition coefficient (Wildman–Crippen LogP) is 1.97. The topological polar surface area (TPSA) is 24.1 Å². The second-order valence-electron chi connectivity index (χ2n) is 4.65. The summed E-state index contributed by atoms with van der Waals surface area (Å²) >= 11 is 0. The van der Waals surface area contributed by atoms with Crippen molar-refractivity contribution in [2.45, 2.75) is 37.9 Å². The van der Waals surface area contributed by atoms with Gasteiger partial charge in [-0.3, -0.25) is 0 Å². The average molecular weight is 202 g/mol. The van der Waals surface area contributed by atoms with E-state index in [1.807, 2.05) is 0 Å². The summed E-state index contributed by atoms with van der Waals surface area (Å²) in [5.74, 6) is 0. The molecule has 15 heavy (non-hydrogen) atoms. The van der Waals surface area contributed by atoms with Gasteiger partial charge in [0.25, 0.3) is 0 Å². The van der Waals surface area contributed by atoms with Crippen LogP contribution in [-0.2, 0) is 6.54 Å². The fourth-order valence-corrected chi connectivity index (χ4v) is 2.36. The SMILES string of the molecule is c1ccc2c(c1)CNC2CCNC1CC1. The van der Waals surface area contributed by atoms with Crippen LogP contribution >= 0.6 is 0 Å². The van der Waals surface area contributed by atoms with Crippen LogP contribution in [0.3, 0.4) is 0 Å². The van der Waals surface area contributed by atoms with Gasteiger partial charge in [-0.2, -0.15) is 0 Å². The second-order valence-corrected chi connectivity index (χ2v) is 4.65. The van der Waals surface area contributed by atoms with Gasteiger partial charge in [-0.25, -0.2) is 0 Å². The number of benzene rings is 1. The highest BCUT2D eigenvalue weighted by Gasteiger charge is 2.23. The smallest absolute Gasteiger partial charge is 0.0338 e. The molecule has 0 spiro atoms. The van der Waals surface area contributed by atoms with Crippen LogP contribution in [0.15, 0.2) is 24.3 Å². The summed E-state index contributed by atoms with van der Waals surface area (Å²) in [6, 6.07) is 10.2. The summed E-state index contributed by atoms with van der Waals surface area (Å²) in [6.07, 6.45) is 3.98. The van der Waals surface area contributed by atoms with Gasteiger partial charge in [0, 0.05) is 18.6 Å². The maximum absolute atomic E-state index is 3.58. The lowest BCUT2D eigenvalue weighted by molar-refractivity contribution is 0.511. The molecule has 1 aliphatic heterocycles. The molecule has 2 nitrogen and oxygen atoms in total. The Labute approximate surface area is 91.1 Å². The monoisotopic (exact) mass is 202 g/mol. The van der Waals surface area contributed by atoms with E-state index in [1.165, 1.54) is 30.4 Å². The van der Waals surface area contributed by atoms with Crippen LogP contribution in [-0.4, -0.2) is 12.6 Å². The lowest BCUT2D eigenvalue weighted by Gasteiger charge is -2.12. The van der Waals surface area contributed by atoms with Gasteiger partial charge >= 0.3 is 0 Å². The van der Waals surface area contributed by atoms with Crippen LogP contribution in [0.5, 0.6) is 0 Å². The minimum Gasteiger partial charge on any atom is -0.314 e. The van der Waals surface area contributed by atoms with Crippen molar-refractivity contribution in [1.29, 1.82) is 0 Å². The Balaban J connectivity index is 1.58. The first-order valence-corrected chi connectivity index (χ1v) is 5.98. The number of fused-ring (bicyclic) bond motifs is 1. The van der Waals surface area contributed by atoms with Gasteiger partial charge in [-0.05, 0) is 36.9 Å². The molecule has 1 aromatic rings. The Hall–Kier alpha value is -0.860. The van der Waals surface area contributed by atoms with E-state index in [-0.39, 0.29) is 0 Å². The molecule has 2 N–H and O–H groups in total. The van der Waals surface area contributed by atoms with E-state index < -0.39 is 0 Å². The van der Waals surface area contributed by atoms with E-state index in [0.29, 0.717) is 6.04 Å². The first-order valence-electron chi connectivity index (χ1n) is 5.98. The number of hydrogen-bond donors (Lipinski definition) is 2. The molecule has 1 unspecified atom stereocenters. The molecule has 1 saturated carbocycles. The molecular weight excluding hydrogens is 184 g/mol. The van der Waals surface area contributed by atoms with E-state index >= 15 is 0 Å². The first kappa shape index (κ1) is 9.37. The van der Waals surface area contributed by atoms with Gasteiger partial charge in [-0.15, -0.1) is 0 Å². The molecular formula is C13H18N2. The molecule has 2 aliphatic rings. The zero-order valence-corrected chi connectivity index (χ0v) is 9.00. The minimum atomic E-state index is 0.576. The fraction of sp³-hybridized carbons (Fsp3) is 0.538. The third-order valence-electron chi connectivity index (χ3n) is 3.41. The summed E-state index contributed by atoms with van der Waals surface area (Å²) in [5, 5.41) is 7.15. The van der Waals surface area contributed by atoms with E-state index in [0.717, 1.165) is 19.1 Å². The van der Waals surface area contributed by atoms with Crippen LogP contribution in [0.25, 0.3) is 0 Å². The van der Waals surface area contributed by atoms with Crippen molar-refractivity contribution in [1.82, 2.24) is 10.6 Å². The molecule has 1 heterocycles. The average Bonchev–Trinajstić information content (AvgIpc) is 3.00. The van der Waals surface area contributed by atoms with Crippen molar-refractivity contribution in [3.05, 3.63) is 35.4 Å². The summed E-state index contributed by atoms with van der Waals surface area (Å²) in [5.41, 5.74) is 2.99. The van der Waals surface area contributed by atoms with Crippen LogP contribution < -0.4 is 10.6 Å². The van der Waals surface area contributed by atoms with Crippen molar-refractivity contribution >= 4 is 0 Å². The highest BCUT2D eigenvalue weighted by Crippen LogP contribution is 2.27. The fourth-order valence-electron chi connectivity index (χ4n) is 2.36. The third kappa shape index (κ3) is 2.06. The van der Waals surface area contributed by atoms with Crippen LogP contribution in [0.2, 0.25) is 0 Å². The van der Waals surface area contributed by atoms with E-state index in [4.69, 9.17) is 0 Å². The van der Waals surface area contributed by atoms with E-state index in [2.05, 4.69) is 34.9 Å². The molecule has 0 aromatic heterocycles. The van der Waals surface area contributed by atoms with Crippen LogP contribution in [0, 0.1) is 0 Å². The van der Waals surface area contributed by atoms with Crippen molar-refractivity contribution in [2.24, 2.45) is 0 Å². The highest BCUT2D eigenvalue weighted by atomic mass is 15.0. The Morgan fingerprint density at radius 1 is 1.27 bits per heavy atom. The molecule has 1 atom stereocenters. The molecule has 80 valence electrons. The zero-order valence-electron chi connectivity index (χ0n) is 9.00. The van der Waals surface area contributed by atoms with Crippen LogP contribution in [0.1, 0.15) is 36.4 Å². The Morgan fingerprint density at radius 2 is 2.13 bits per heavy atom. The minimum absolute atomic E-state index is 0.576. The third-order valence-corrected chi connectivity index (χ3v) is 3.41. The molecule has 0 bridgehead atoms. The Morgan fingerprint density at radius 3 is 3.00 bits per heavy atom. The Kier molecular flexibility index (Phi) is 2.47. The van der Waals surface area contributed by atoms with Gasteiger partial charge < -0.3 is 10.6 Å². The van der Waals surface area contributed by atoms with Crippen molar-refractivity contribution < 1.29 is 0 Å². The van der Waals surface area contributed by atoms with Crippen LogP contribution in [0.4, 0.5) is 0 Å². The van der Waals surface area contributed by atoms with Gasteiger partial charge in [0.15, 0.2) is 0 Å². The molecule has 1 aromatic carbocycles. The first-order chi connectivity index (χ1) is 7.43. The predicted molar refractivity (Wildman–Crippen MR) is 61.7 cm³/mol. The molecule has 0 saturated heterocycles. The molecule has 2 heteroatoms. The summed E-state index contributed by atoms with van der Waals surface area (Å²) in [7, 11) is 0. The van der Waals surface area contributed by atoms with Gasteiger partial charge in [-0.1, -0.05) is 24.3 Å². The second kappa shape index (κ2) is 3.95. The van der Waals surface area contributed by atoms with Gasteiger partial charge in [0.05, 0.1) is 0 Å². The Bertz CT molecular complexity index is 344. The van der Waals surface area contributed by atoms with Crippen molar-refractivity contribution in [3.8, 4) is 0 Å². The molecule has 0 radical (unpaired) electrons. The standard InChI is InChI=1S/C13H18N2/c1-2-4-12-10(3-1)9-15-13(12)7-8-14-11-5-6-11/h1-4,11,13-15H,5-9H2. The number of hydrogen-bond acceptors (Lipinski definition) is 2. The molecule has 1 aliphatic carbocycles. The zero-order chi connectivity index (χ0) is 10.1. The lowest BCUT2D eigenvalue weighted by atomic mass is 10.0. The van der Waals surface area contributed by atoms with E-state index in [1.54, 1.807) is 0 Å².